The Labute approximate surface area is 144 Å². The van der Waals surface area contributed by atoms with Crippen LogP contribution in [0.3, 0.4) is 0 Å². The minimum absolute atomic E-state index is 0.340. The first kappa shape index (κ1) is 19.9. The molecule has 9 nitrogen and oxygen atoms in total. The molecule has 0 unspecified atom stereocenters. The second-order valence-electron chi connectivity index (χ2n) is 4.75. The van der Waals surface area contributed by atoms with E-state index < -0.39 is 36.5 Å². The molecule has 9 heteroatoms. The van der Waals surface area contributed by atoms with Gasteiger partial charge in [-0.1, -0.05) is 0 Å². The molecule has 0 aromatic heterocycles. The van der Waals surface area contributed by atoms with Crippen molar-refractivity contribution in [2.24, 2.45) is 0 Å². The largest absolute Gasteiger partial charge is 0.494 e. The van der Waals surface area contributed by atoms with E-state index in [0.717, 1.165) is 7.11 Å². The van der Waals surface area contributed by atoms with Crippen LogP contribution in [0.25, 0.3) is 0 Å². The quantitative estimate of drug-likeness (QED) is 0.691. The summed E-state index contributed by atoms with van der Waals surface area (Å²) in [7, 11) is 1.09. The first-order valence-electron chi connectivity index (χ1n) is 7.46. The van der Waals surface area contributed by atoms with Gasteiger partial charge in [-0.2, -0.15) is 0 Å². The molecule has 1 rings (SSSR count). The predicted molar refractivity (Wildman–Crippen MR) is 86.0 cm³/mol. The van der Waals surface area contributed by atoms with Crippen LogP contribution in [0.15, 0.2) is 24.3 Å². The molecule has 0 saturated heterocycles. The van der Waals surface area contributed by atoms with Crippen molar-refractivity contribution < 1.29 is 33.4 Å². The van der Waals surface area contributed by atoms with Crippen LogP contribution in [0.2, 0.25) is 0 Å². The first-order valence-corrected chi connectivity index (χ1v) is 7.46. The molecule has 136 valence electrons. The summed E-state index contributed by atoms with van der Waals surface area (Å²) in [5.41, 5.74) is 0.340. The van der Waals surface area contributed by atoms with Crippen molar-refractivity contribution in [2.75, 3.05) is 20.3 Å². The van der Waals surface area contributed by atoms with E-state index in [0.29, 0.717) is 17.9 Å². The highest BCUT2D eigenvalue weighted by Crippen LogP contribution is 2.11. The molecule has 1 atom stereocenters. The molecule has 0 bridgehead atoms. The van der Waals surface area contributed by atoms with E-state index in [1.165, 1.54) is 6.92 Å². The van der Waals surface area contributed by atoms with Crippen molar-refractivity contribution in [1.82, 2.24) is 10.6 Å². The highest BCUT2D eigenvalue weighted by Gasteiger charge is 2.20. The number of benzene rings is 1. The van der Waals surface area contributed by atoms with Crippen molar-refractivity contribution in [3.05, 3.63) is 29.8 Å². The summed E-state index contributed by atoms with van der Waals surface area (Å²) in [6.45, 7) is 3.21. The van der Waals surface area contributed by atoms with E-state index in [-0.39, 0.29) is 0 Å². The van der Waals surface area contributed by atoms with Gasteiger partial charge in [0, 0.05) is 5.56 Å². The normalized spacial score (nSPS) is 11.0. The van der Waals surface area contributed by atoms with Gasteiger partial charge in [0.05, 0.1) is 13.7 Å². The second kappa shape index (κ2) is 9.91. The smallest absolute Gasteiger partial charge is 0.413 e. The fourth-order valence-electron chi connectivity index (χ4n) is 1.67. The maximum Gasteiger partial charge on any atom is 0.413 e. The van der Waals surface area contributed by atoms with E-state index >= 15 is 0 Å². The fraction of sp³-hybridized carbons (Fsp3) is 0.375. The average Bonchev–Trinajstić information content (AvgIpc) is 2.60. The van der Waals surface area contributed by atoms with Gasteiger partial charge >= 0.3 is 12.1 Å². The van der Waals surface area contributed by atoms with Crippen molar-refractivity contribution in [1.29, 1.82) is 0 Å². The average molecular weight is 352 g/mol. The lowest BCUT2D eigenvalue weighted by Gasteiger charge is -2.12. The minimum Gasteiger partial charge on any atom is -0.494 e. The van der Waals surface area contributed by atoms with Gasteiger partial charge in [0.25, 0.3) is 11.8 Å². The number of hydrogen-bond donors (Lipinski definition) is 2. The van der Waals surface area contributed by atoms with Crippen LogP contribution in [0.5, 0.6) is 5.75 Å². The van der Waals surface area contributed by atoms with Crippen LogP contribution in [0.1, 0.15) is 24.2 Å². The van der Waals surface area contributed by atoms with Crippen molar-refractivity contribution in [3.63, 3.8) is 0 Å². The van der Waals surface area contributed by atoms with Crippen molar-refractivity contribution >= 4 is 23.9 Å². The SMILES string of the molecule is CCOc1ccc(C(=O)NCC(=O)O[C@H](C)C(=O)NC(=O)OC)cc1. The monoisotopic (exact) mass is 352 g/mol. The number of hydrogen-bond acceptors (Lipinski definition) is 7. The molecule has 0 aliphatic carbocycles. The van der Waals surface area contributed by atoms with Gasteiger partial charge in [-0.15, -0.1) is 0 Å². The Bertz CT molecular complexity index is 628. The Hall–Kier alpha value is -3.10. The van der Waals surface area contributed by atoms with Crippen LogP contribution in [0.4, 0.5) is 4.79 Å². The maximum atomic E-state index is 11.9. The molecule has 0 saturated carbocycles. The van der Waals surface area contributed by atoms with Crippen molar-refractivity contribution in [2.45, 2.75) is 20.0 Å². The van der Waals surface area contributed by atoms with Crippen LogP contribution in [-0.4, -0.2) is 50.2 Å². The minimum atomic E-state index is -1.21. The standard InChI is InChI=1S/C16H20N2O7/c1-4-24-12-7-5-11(6-8-12)15(21)17-9-13(19)25-10(2)14(20)18-16(22)23-3/h5-8,10H,4,9H2,1-3H3,(H,17,21)(H,18,20,22)/t10-/m1/s1. The molecule has 0 spiro atoms. The number of nitrogens with one attached hydrogen (secondary N) is 2. The number of ether oxygens (including phenoxy) is 3. The van der Waals surface area contributed by atoms with Gasteiger partial charge in [-0.25, -0.2) is 4.79 Å². The summed E-state index contributed by atoms with van der Waals surface area (Å²) in [6.07, 6.45) is -2.18. The molecule has 1 aromatic carbocycles. The zero-order chi connectivity index (χ0) is 18.8. The van der Waals surface area contributed by atoms with Gasteiger partial charge in [0.1, 0.15) is 12.3 Å². The molecule has 1 aromatic rings. The van der Waals surface area contributed by atoms with Crippen LogP contribution < -0.4 is 15.4 Å². The van der Waals surface area contributed by atoms with Crippen molar-refractivity contribution in [3.8, 4) is 5.75 Å². The van der Waals surface area contributed by atoms with E-state index in [1.54, 1.807) is 24.3 Å². The highest BCUT2D eigenvalue weighted by molar-refractivity contribution is 5.97. The van der Waals surface area contributed by atoms with Crippen LogP contribution in [0, 0.1) is 0 Å². The summed E-state index contributed by atoms with van der Waals surface area (Å²) < 4.78 is 14.3. The number of methoxy groups -OCH3 is 1. The lowest BCUT2D eigenvalue weighted by molar-refractivity contribution is -0.153. The number of carbonyl (C=O) groups is 4. The first-order chi connectivity index (χ1) is 11.9. The Kier molecular flexibility index (Phi) is 7.91. The van der Waals surface area contributed by atoms with Gasteiger partial charge in [-0.05, 0) is 38.1 Å². The predicted octanol–water partition coefficient (Wildman–Crippen LogP) is 0.629. The van der Waals surface area contributed by atoms with Gasteiger partial charge in [0.2, 0.25) is 0 Å². The molecule has 0 radical (unpaired) electrons. The Morgan fingerprint density at radius 1 is 1.12 bits per heavy atom. The topological polar surface area (TPSA) is 120 Å². The van der Waals surface area contributed by atoms with Gasteiger partial charge in [-0.3, -0.25) is 19.7 Å². The molecule has 25 heavy (non-hydrogen) atoms. The van der Waals surface area contributed by atoms with E-state index in [4.69, 9.17) is 9.47 Å². The number of carbonyl (C=O) groups excluding carboxylic acids is 4. The van der Waals surface area contributed by atoms with E-state index in [2.05, 4.69) is 10.1 Å². The number of imide groups is 1. The summed E-state index contributed by atoms with van der Waals surface area (Å²) >= 11 is 0. The summed E-state index contributed by atoms with van der Waals surface area (Å²) in [5.74, 6) is -1.51. The Balaban J connectivity index is 2.43. The van der Waals surface area contributed by atoms with Crippen LogP contribution in [-0.2, 0) is 19.1 Å². The zero-order valence-corrected chi connectivity index (χ0v) is 14.2. The lowest BCUT2D eigenvalue weighted by Crippen LogP contribution is -2.41. The third-order valence-corrected chi connectivity index (χ3v) is 2.91. The number of amides is 3. The van der Waals surface area contributed by atoms with Gasteiger partial charge in [0.15, 0.2) is 6.10 Å². The molecular formula is C16H20N2O7. The molecule has 0 heterocycles. The summed E-state index contributed by atoms with van der Waals surface area (Å²) in [4.78, 5) is 46.0. The van der Waals surface area contributed by atoms with Crippen LogP contribution >= 0.6 is 0 Å². The lowest BCUT2D eigenvalue weighted by atomic mass is 10.2. The molecular weight excluding hydrogens is 332 g/mol. The molecule has 0 aliphatic rings. The number of rotatable bonds is 7. The molecule has 0 fully saturated rings. The van der Waals surface area contributed by atoms with Gasteiger partial charge < -0.3 is 19.5 Å². The summed E-state index contributed by atoms with van der Waals surface area (Å²) in [5, 5.41) is 4.23. The molecule has 3 amide bonds. The van der Waals surface area contributed by atoms with E-state index in [1.807, 2.05) is 12.2 Å². The number of alkyl carbamates (subject to hydrolysis) is 1. The summed E-state index contributed by atoms with van der Waals surface area (Å²) in [6, 6.07) is 6.38. The fourth-order valence-corrected chi connectivity index (χ4v) is 1.67. The second-order valence-corrected chi connectivity index (χ2v) is 4.75. The molecule has 0 aliphatic heterocycles. The Morgan fingerprint density at radius 3 is 2.32 bits per heavy atom. The zero-order valence-electron chi connectivity index (χ0n) is 14.2. The third kappa shape index (κ3) is 6.90. The van der Waals surface area contributed by atoms with E-state index in [9.17, 15) is 19.2 Å². The maximum absolute atomic E-state index is 11.9. The highest BCUT2D eigenvalue weighted by atomic mass is 16.6. The third-order valence-electron chi connectivity index (χ3n) is 2.91. The molecule has 2 N–H and O–H groups in total. The Morgan fingerprint density at radius 2 is 1.76 bits per heavy atom. The number of esters is 1.